The van der Waals surface area contributed by atoms with Gasteiger partial charge in [0, 0.05) is 24.4 Å². The lowest BCUT2D eigenvalue weighted by molar-refractivity contribution is -0.384. The van der Waals surface area contributed by atoms with Crippen LogP contribution in [0.3, 0.4) is 0 Å². The predicted octanol–water partition coefficient (Wildman–Crippen LogP) is 5.11. The van der Waals surface area contributed by atoms with E-state index >= 15 is 0 Å². The van der Waals surface area contributed by atoms with Crippen LogP contribution in [0.4, 0.5) is 18.9 Å². The monoisotopic (exact) mass is 411 g/mol. The molecule has 4 rings (SSSR count). The highest BCUT2D eigenvalue weighted by Gasteiger charge is 2.42. The van der Waals surface area contributed by atoms with Gasteiger partial charge in [0.15, 0.2) is 0 Å². The largest absolute Gasteiger partial charge is 0.490 e. The highest BCUT2D eigenvalue weighted by atomic mass is 19.4. The van der Waals surface area contributed by atoms with Crippen molar-refractivity contribution in [3.63, 3.8) is 0 Å². The highest BCUT2D eigenvalue weighted by molar-refractivity contribution is 5.79. The number of nitro groups is 1. The molecule has 0 N–H and O–H groups in total. The van der Waals surface area contributed by atoms with Gasteiger partial charge in [-0.3, -0.25) is 10.1 Å². The van der Waals surface area contributed by atoms with Crippen molar-refractivity contribution in [1.29, 1.82) is 0 Å². The Morgan fingerprint density at radius 1 is 1.21 bits per heavy atom. The second-order valence-corrected chi connectivity index (χ2v) is 7.29. The summed E-state index contributed by atoms with van der Waals surface area (Å²) in [6.45, 7) is 0.540. The van der Waals surface area contributed by atoms with E-state index in [1.807, 2.05) is 0 Å². The number of alkyl halides is 3. The van der Waals surface area contributed by atoms with Gasteiger partial charge in [-0.1, -0.05) is 0 Å². The molecule has 1 saturated heterocycles. The van der Waals surface area contributed by atoms with E-state index in [0.29, 0.717) is 25.9 Å². The van der Waals surface area contributed by atoms with Crippen LogP contribution in [0.1, 0.15) is 50.3 Å². The number of rotatable bonds is 5. The van der Waals surface area contributed by atoms with Crippen LogP contribution in [0, 0.1) is 10.1 Å². The summed E-state index contributed by atoms with van der Waals surface area (Å²) in [5, 5.41) is 15.6. The molecule has 10 heteroatoms. The van der Waals surface area contributed by atoms with Crippen molar-refractivity contribution < 1.29 is 27.6 Å². The molecule has 29 heavy (non-hydrogen) atoms. The fraction of sp³-hybridized carbons (Fsp3) is 0.526. The topological polar surface area (TPSA) is 79.4 Å². The van der Waals surface area contributed by atoms with E-state index in [2.05, 4.69) is 5.10 Å². The molecule has 1 unspecified atom stereocenters. The Labute approximate surface area is 164 Å². The number of benzene rings is 1. The van der Waals surface area contributed by atoms with Crippen molar-refractivity contribution in [3.05, 3.63) is 40.2 Å². The molecule has 2 aliphatic rings. The van der Waals surface area contributed by atoms with Crippen molar-refractivity contribution in [3.8, 4) is 16.9 Å². The number of aromatic nitrogens is 2. The maximum atomic E-state index is 14.0. The third kappa shape index (κ3) is 3.93. The third-order valence-electron chi connectivity index (χ3n) is 5.31. The first-order valence-corrected chi connectivity index (χ1v) is 9.56. The predicted molar refractivity (Wildman–Crippen MR) is 96.4 cm³/mol. The molecule has 7 nitrogen and oxygen atoms in total. The lowest BCUT2D eigenvalue weighted by atomic mass is 9.95. The van der Waals surface area contributed by atoms with Gasteiger partial charge < -0.3 is 9.47 Å². The first kappa shape index (κ1) is 19.7. The molecule has 1 aromatic heterocycles. The summed E-state index contributed by atoms with van der Waals surface area (Å²) in [4.78, 5) is 10.7. The summed E-state index contributed by atoms with van der Waals surface area (Å²) in [6, 6.07) is 2.10. The molecule has 0 bridgehead atoms. The molecule has 2 aromatic rings. The molecular weight excluding hydrogens is 391 g/mol. The normalized spacial score (nSPS) is 20.3. The number of hydrogen-bond acceptors (Lipinski definition) is 5. The number of nitro benzene ring substituents is 1. The minimum absolute atomic E-state index is 0.0113. The number of ether oxygens (including phenoxy) is 2. The molecule has 1 aliphatic heterocycles. The maximum absolute atomic E-state index is 14.0. The van der Waals surface area contributed by atoms with Crippen LogP contribution < -0.4 is 4.74 Å². The van der Waals surface area contributed by atoms with E-state index in [4.69, 9.17) is 9.47 Å². The first-order chi connectivity index (χ1) is 13.8. The molecule has 0 radical (unpaired) electrons. The Hall–Kier alpha value is -2.62. The molecule has 2 heterocycles. The Kier molecular flexibility index (Phi) is 5.20. The zero-order valence-electron chi connectivity index (χ0n) is 15.5. The standard InChI is InChI=1S/C19H20F3N3O4/c20-19(21,22)18-15(29-13-4-3-5-13)8-7-14(25(26)27)17(18)12-10-23-24(11-12)16-6-1-2-9-28-16/h7-8,10-11,13,16H,1-6,9H2. The maximum Gasteiger partial charge on any atom is 0.420 e. The summed E-state index contributed by atoms with van der Waals surface area (Å²) < 4.78 is 54.6. The molecule has 0 spiro atoms. The lowest BCUT2D eigenvalue weighted by Gasteiger charge is -2.28. The zero-order chi connectivity index (χ0) is 20.6. The fourth-order valence-electron chi connectivity index (χ4n) is 3.62. The van der Waals surface area contributed by atoms with E-state index in [-0.39, 0.29) is 23.6 Å². The van der Waals surface area contributed by atoms with Gasteiger partial charge in [0.25, 0.3) is 5.69 Å². The molecule has 2 fully saturated rings. The smallest absolute Gasteiger partial charge is 0.420 e. The SMILES string of the molecule is O=[N+]([O-])c1ccc(OC2CCC2)c(C(F)(F)F)c1-c1cnn(C2CCCCO2)c1. The van der Waals surface area contributed by atoms with Crippen molar-refractivity contribution in [2.75, 3.05) is 6.61 Å². The van der Waals surface area contributed by atoms with Crippen LogP contribution in [0.15, 0.2) is 24.5 Å². The van der Waals surface area contributed by atoms with E-state index in [9.17, 15) is 23.3 Å². The van der Waals surface area contributed by atoms with Gasteiger partial charge in [0.2, 0.25) is 0 Å². The molecule has 0 amide bonds. The Balaban J connectivity index is 1.82. The zero-order valence-corrected chi connectivity index (χ0v) is 15.5. The van der Waals surface area contributed by atoms with E-state index < -0.39 is 27.9 Å². The summed E-state index contributed by atoms with van der Waals surface area (Å²) in [7, 11) is 0. The molecule has 156 valence electrons. The van der Waals surface area contributed by atoms with Gasteiger partial charge in [-0.2, -0.15) is 18.3 Å². The summed E-state index contributed by atoms with van der Waals surface area (Å²) >= 11 is 0. The minimum Gasteiger partial charge on any atom is -0.490 e. The quantitative estimate of drug-likeness (QED) is 0.505. The second-order valence-electron chi connectivity index (χ2n) is 7.29. The van der Waals surface area contributed by atoms with Crippen molar-refractivity contribution in [2.24, 2.45) is 0 Å². The average Bonchev–Trinajstić information content (AvgIpc) is 3.13. The molecule has 1 aliphatic carbocycles. The Morgan fingerprint density at radius 3 is 2.59 bits per heavy atom. The van der Waals surface area contributed by atoms with Gasteiger partial charge in [-0.25, -0.2) is 4.68 Å². The van der Waals surface area contributed by atoms with Crippen molar-refractivity contribution in [2.45, 2.75) is 57.0 Å². The van der Waals surface area contributed by atoms with Crippen LogP contribution >= 0.6 is 0 Å². The molecule has 1 atom stereocenters. The van der Waals surface area contributed by atoms with Gasteiger partial charge in [0.05, 0.1) is 22.8 Å². The van der Waals surface area contributed by atoms with E-state index in [1.165, 1.54) is 17.1 Å². The number of nitrogens with zero attached hydrogens (tertiary/aromatic N) is 3. The van der Waals surface area contributed by atoms with E-state index in [1.54, 1.807) is 0 Å². The van der Waals surface area contributed by atoms with Crippen molar-refractivity contribution in [1.82, 2.24) is 9.78 Å². The number of hydrogen-bond donors (Lipinski definition) is 0. The van der Waals surface area contributed by atoms with Gasteiger partial charge in [-0.15, -0.1) is 0 Å². The summed E-state index contributed by atoms with van der Waals surface area (Å²) in [6.07, 6.45) is 1.80. The van der Waals surface area contributed by atoms with Crippen LogP contribution in [-0.4, -0.2) is 27.4 Å². The molecule has 1 aromatic carbocycles. The summed E-state index contributed by atoms with van der Waals surface area (Å²) in [5.41, 5.74) is -2.29. The summed E-state index contributed by atoms with van der Waals surface area (Å²) in [5.74, 6) is -0.385. The fourth-order valence-corrected chi connectivity index (χ4v) is 3.62. The Morgan fingerprint density at radius 2 is 2.00 bits per heavy atom. The second kappa shape index (κ2) is 7.66. The van der Waals surface area contributed by atoms with Gasteiger partial charge in [-0.05, 0) is 44.6 Å². The first-order valence-electron chi connectivity index (χ1n) is 9.56. The van der Waals surface area contributed by atoms with Gasteiger partial charge >= 0.3 is 6.18 Å². The van der Waals surface area contributed by atoms with Gasteiger partial charge in [0.1, 0.15) is 17.5 Å². The van der Waals surface area contributed by atoms with E-state index in [0.717, 1.165) is 31.4 Å². The Bertz CT molecular complexity index is 903. The average molecular weight is 411 g/mol. The van der Waals surface area contributed by atoms with Crippen LogP contribution in [0.2, 0.25) is 0 Å². The third-order valence-corrected chi connectivity index (χ3v) is 5.31. The van der Waals surface area contributed by atoms with Crippen LogP contribution in [0.5, 0.6) is 5.75 Å². The molecular formula is C19H20F3N3O4. The highest BCUT2D eigenvalue weighted by Crippen LogP contribution is 2.48. The van der Waals surface area contributed by atoms with Crippen molar-refractivity contribution >= 4 is 5.69 Å². The number of halogens is 3. The lowest BCUT2D eigenvalue weighted by Crippen LogP contribution is -2.26. The molecule has 1 saturated carbocycles. The van der Waals surface area contributed by atoms with Crippen LogP contribution in [-0.2, 0) is 10.9 Å². The minimum atomic E-state index is -4.83. The van der Waals surface area contributed by atoms with Crippen LogP contribution in [0.25, 0.3) is 11.1 Å².